The zero-order chi connectivity index (χ0) is 21.6. The first kappa shape index (κ1) is 20.6. The number of aliphatic imine (C=N–C) groups is 1. The molecule has 1 amide bonds. The number of hydrogen-bond donors (Lipinski definition) is 2. The van der Waals surface area contributed by atoms with Crippen molar-refractivity contribution in [3.8, 4) is 11.6 Å². The zero-order valence-corrected chi connectivity index (χ0v) is 19.4. The number of aromatic nitrogens is 1. The largest absolute Gasteiger partial charge is 0.490 e. The highest BCUT2D eigenvalue weighted by Crippen LogP contribution is 2.54. The minimum atomic E-state index is -0.429. The van der Waals surface area contributed by atoms with Gasteiger partial charge in [0.25, 0.3) is 5.91 Å². The first-order chi connectivity index (χ1) is 15.0. The molecule has 2 aromatic rings. The van der Waals surface area contributed by atoms with Crippen LogP contribution >= 0.6 is 27.7 Å². The van der Waals surface area contributed by atoms with Crippen LogP contribution in [0.4, 0.5) is 0 Å². The summed E-state index contributed by atoms with van der Waals surface area (Å²) in [4.78, 5) is 21.9. The summed E-state index contributed by atoms with van der Waals surface area (Å²) in [6.07, 6.45) is 4.08. The van der Waals surface area contributed by atoms with Gasteiger partial charge in [0.05, 0.1) is 12.7 Å². The van der Waals surface area contributed by atoms with Crippen molar-refractivity contribution in [3.05, 3.63) is 52.1 Å². The van der Waals surface area contributed by atoms with Crippen molar-refractivity contribution in [1.82, 2.24) is 10.3 Å². The average Bonchev–Trinajstić information content (AvgIpc) is 3.17. The second kappa shape index (κ2) is 8.02. The third-order valence-corrected chi connectivity index (χ3v) is 7.84. The number of hydrogen-bond acceptors (Lipinski definition) is 7. The van der Waals surface area contributed by atoms with Crippen LogP contribution in [0.3, 0.4) is 0 Å². The maximum atomic E-state index is 12.8. The maximum absolute atomic E-state index is 12.8. The number of nitrogens with two attached hydrogens (primary N) is 1. The molecule has 1 aromatic heterocycles. The Hall–Kier alpha value is -2.26. The standard InChI is InChI=1S/C22H23BrN4O3S/c1-29-19-7-2-12(10-25-19)20(28)26-14-4-6-18-16(9-14)22(11-31-21(24)27-22)15-8-13(23)3-5-17(15)30-18/h2-3,5,7-8,10,14,16,18H,4,6,9,11H2,1H3,(H2,24,27)(H,26,28). The normalized spacial score (nSPS) is 28.8. The highest BCUT2D eigenvalue weighted by atomic mass is 79.9. The molecule has 3 aliphatic rings. The minimum absolute atomic E-state index is 0.0343. The SMILES string of the molecule is COc1ccc(C(=O)NC2CCC3Oc4ccc(Br)cc4C4(CSC(N)=N4)C3C2)cn1. The average molecular weight is 503 g/mol. The number of carbonyl (C=O) groups excluding carboxylic acids is 1. The molecule has 5 rings (SSSR count). The molecule has 0 radical (unpaired) electrons. The molecule has 162 valence electrons. The quantitative estimate of drug-likeness (QED) is 0.666. The Morgan fingerprint density at radius 2 is 2.23 bits per heavy atom. The summed E-state index contributed by atoms with van der Waals surface area (Å²) in [7, 11) is 1.55. The molecule has 9 heteroatoms. The number of fused-ring (bicyclic) bond motifs is 4. The van der Waals surface area contributed by atoms with E-state index in [0.29, 0.717) is 16.6 Å². The minimum Gasteiger partial charge on any atom is -0.490 e. The van der Waals surface area contributed by atoms with Gasteiger partial charge in [0, 0.05) is 40.0 Å². The number of benzene rings is 1. The molecule has 4 atom stereocenters. The molecule has 1 aliphatic carbocycles. The summed E-state index contributed by atoms with van der Waals surface area (Å²) in [5, 5.41) is 3.80. The Bertz CT molecular complexity index is 1050. The van der Waals surface area contributed by atoms with Crippen LogP contribution in [0.1, 0.15) is 35.2 Å². The van der Waals surface area contributed by atoms with Crippen molar-refractivity contribution in [2.24, 2.45) is 16.6 Å². The van der Waals surface area contributed by atoms with Gasteiger partial charge in [-0.15, -0.1) is 0 Å². The Balaban J connectivity index is 1.40. The van der Waals surface area contributed by atoms with E-state index in [0.717, 1.165) is 40.8 Å². The van der Waals surface area contributed by atoms with Crippen molar-refractivity contribution in [1.29, 1.82) is 0 Å². The number of pyridine rings is 1. The third-order valence-electron chi connectivity index (χ3n) is 6.38. The van der Waals surface area contributed by atoms with Gasteiger partial charge in [0.15, 0.2) is 5.17 Å². The molecule has 3 N–H and O–H groups in total. The molecular weight excluding hydrogens is 480 g/mol. The van der Waals surface area contributed by atoms with Crippen molar-refractivity contribution in [2.45, 2.75) is 36.9 Å². The van der Waals surface area contributed by atoms with Gasteiger partial charge < -0.3 is 20.5 Å². The highest BCUT2D eigenvalue weighted by Gasteiger charge is 2.54. The first-order valence-electron chi connectivity index (χ1n) is 10.2. The van der Waals surface area contributed by atoms with Gasteiger partial charge in [0.1, 0.15) is 17.4 Å². The van der Waals surface area contributed by atoms with Gasteiger partial charge in [-0.3, -0.25) is 4.79 Å². The van der Waals surface area contributed by atoms with Crippen molar-refractivity contribution in [2.75, 3.05) is 12.9 Å². The second-order valence-electron chi connectivity index (χ2n) is 8.14. The van der Waals surface area contributed by atoms with Crippen LogP contribution in [0.2, 0.25) is 0 Å². The number of ether oxygens (including phenoxy) is 2. The van der Waals surface area contributed by atoms with Crippen LogP contribution in [0, 0.1) is 5.92 Å². The van der Waals surface area contributed by atoms with Crippen LogP contribution in [-0.2, 0) is 5.54 Å². The molecule has 31 heavy (non-hydrogen) atoms. The molecule has 1 aromatic carbocycles. The Morgan fingerprint density at radius 1 is 1.35 bits per heavy atom. The molecule has 3 heterocycles. The predicted octanol–water partition coefficient (Wildman–Crippen LogP) is 3.47. The monoisotopic (exact) mass is 502 g/mol. The number of methoxy groups -OCH3 is 1. The van der Waals surface area contributed by atoms with Gasteiger partial charge in [-0.05, 0) is 43.5 Å². The molecule has 2 aliphatic heterocycles. The number of amidine groups is 1. The Morgan fingerprint density at radius 3 is 2.94 bits per heavy atom. The molecule has 4 unspecified atom stereocenters. The summed E-state index contributed by atoms with van der Waals surface area (Å²) in [6.45, 7) is 0. The van der Waals surface area contributed by atoms with Gasteiger partial charge in [0.2, 0.25) is 5.88 Å². The van der Waals surface area contributed by atoms with Crippen LogP contribution in [0.25, 0.3) is 0 Å². The fourth-order valence-corrected chi connectivity index (χ4v) is 6.29. The lowest BCUT2D eigenvalue weighted by Gasteiger charge is -2.48. The molecule has 1 fully saturated rings. The number of halogens is 1. The number of carbonyl (C=O) groups is 1. The summed E-state index contributed by atoms with van der Waals surface area (Å²) in [5.74, 6) is 2.16. The van der Waals surface area contributed by atoms with Crippen LogP contribution in [0.15, 0.2) is 46.0 Å². The fourth-order valence-electron chi connectivity index (χ4n) is 4.90. The molecule has 7 nitrogen and oxygen atoms in total. The Kier molecular flexibility index (Phi) is 5.34. The number of nitrogens with one attached hydrogen (secondary N) is 1. The van der Waals surface area contributed by atoms with Crippen LogP contribution < -0.4 is 20.5 Å². The molecule has 0 saturated heterocycles. The topological polar surface area (TPSA) is 98.8 Å². The number of nitrogens with zero attached hydrogens (tertiary/aromatic N) is 2. The molecule has 1 saturated carbocycles. The summed E-state index contributed by atoms with van der Waals surface area (Å²) in [5.41, 5.74) is 7.31. The highest BCUT2D eigenvalue weighted by molar-refractivity contribution is 9.10. The third kappa shape index (κ3) is 3.67. The summed E-state index contributed by atoms with van der Waals surface area (Å²) < 4.78 is 12.5. The molecule has 1 spiro atoms. The van der Waals surface area contributed by atoms with E-state index < -0.39 is 5.54 Å². The van der Waals surface area contributed by atoms with E-state index in [-0.39, 0.29) is 24.0 Å². The smallest absolute Gasteiger partial charge is 0.253 e. The van der Waals surface area contributed by atoms with Gasteiger partial charge >= 0.3 is 0 Å². The van der Waals surface area contributed by atoms with Crippen molar-refractivity contribution < 1.29 is 14.3 Å². The van der Waals surface area contributed by atoms with Gasteiger partial charge in [-0.1, -0.05) is 27.7 Å². The van der Waals surface area contributed by atoms with Crippen molar-refractivity contribution in [3.63, 3.8) is 0 Å². The van der Waals surface area contributed by atoms with E-state index in [4.69, 9.17) is 20.2 Å². The fraction of sp³-hybridized carbons (Fsp3) is 0.409. The van der Waals surface area contributed by atoms with Crippen LogP contribution in [0.5, 0.6) is 11.6 Å². The number of rotatable bonds is 3. The van der Waals surface area contributed by atoms with E-state index >= 15 is 0 Å². The lowest BCUT2D eigenvalue weighted by atomic mass is 9.67. The first-order valence-corrected chi connectivity index (χ1v) is 12.0. The van der Waals surface area contributed by atoms with Gasteiger partial charge in [-0.25, -0.2) is 9.98 Å². The van der Waals surface area contributed by atoms with E-state index in [1.54, 1.807) is 31.0 Å². The lowest BCUT2D eigenvalue weighted by molar-refractivity contribution is 0.0155. The van der Waals surface area contributed by atoms with E-state index in [1.807, 2.05) is 12.1 Å². The summed E-state index contributed by atoms with van der Waals surface area (Å²) in [6, 6.07) is 9.56. The van der Waals surface area contributed by atoms with E-state index in [9.17, 15) is 4.79 Å². The van der Waals surface area contributed by atoms with Crippen molar-refractivity contribution >= 4 is 38.8 Å². The predicted molar refractivity (Wildman–Crippen MR) is 124 cm³/mol. The second-order valence-corrected chi connectivity index (χ2v) is 10.1. The van der Waals surface area contributed by atoms with E-state index in [2.05, 4.69) is 32.3 Å². The Labute approximate surface area is 193 Å². The number of thioether (sulfide) groups is 1. The van der Waals surface area contributed by atoms with E-state index in [1.165, 1.54) is 6.20 Å². The summed E-state index contributed by atoms with van der Waals surface area (Å²) >= 11 is 5.18. The van der Waals surface area contributed by atoms with Gasteiger partial charge in [-0.2, -0.15) is 0 Å². The zero-order valence-electron chi connectivity index (χ0n) is 17.0. The van der Waals surface area contributed by atoms with Crippen LogP contribution in [-0.4, -0.2) is 41.1 Å². The number of amides is 1. The maximum Gasteiger partial charge on any atom is 0.253 e. The lowest BCUT2D eigenvalue weighted by Crippen LogP contribution is -2.54. The molecule has 0 bridgehead atoms. The molecular formula is C22H23BrN4O3S.